The number of hydrogen-bond acceptors (Lipinski definition) is 5. The summed E-state index contributed by atoms with van der Waals surface area (Å²) in [7, 11) is 1.61. The Hall–Kier alpha value is -2.61. The highest BCUT2D eigenvalue weighted by atomic mass is 16.7. The van der Waals surface area contributed by atoms with Crippen LogP contribution in [0.4, 0.5) is 10.5 Å². The van der Waals surface area contributed by atoms with Gasteiger partial charge in [0, 0.05) is 31.4 Å². The molecule has 4 rings (SSSR count). The quantitative estimate of drug-likeness (QED) is 0.813. The highest BCUT2D eigenvalue weighted by Gasteiger charge is 2.42. The topological polar surface area (TPSA) is 63.3 Å². The van der Waals surface area contributed by atoms with Crippen LogP contribution in [0.2, 0.25) is 0 Å². The van der Waals surface area contributed by atoms with E-state index in [9.17, 15) is 4.79 Å². The molecular weight excluding hydrogens is 394 g/mol. The molecule has 7 nitrogen and oxygen atoms in total. The van der Waals surface area contributed by atoms with Gasteiger partial charge in [-0.15, -0.1) is 0 Å². The Balaban J connectivity index is 1.43. The molecule has 2 aliphatic rings. The zero-order valence-electron chi connectivity index (χ0n) is 18.3. The van der Waals surface area contributed by atoms with E-state index in [-0.39, 0.29) is 6.03 Å². The molecule has 2 aliphatic heterocycles. The summed E-state index contributed by atoms with van der Waals surface area (Å²) in [5, 5.41) is 2.96. The molecular formula is C24H31N3O4. The number of carbonyl (C=O) groups is 1. The number of nitrogens with zero attached hydrogens (tertiary/aromatic N) is 2. The van der Waals surface area contributed by atoms with Gasteiger partial charge < -0.3 is 24.4 Å². The zero-order valence-corrected chi connectivity index (χ0v) is 18.3. The predicted molar refractivity (Wildman–Crippen MR) is 119 cm³/mol. The van der Waals surface area contributed by atoms with E-state index in [0.717, 1.165) is 19.5 Å². The van der Waals surface area contributed by atoms with Crippen molar-refractivity contribution in [3.63, 3.8) is 0 Å². The van der Waals surface area contributed by atoms with Crippen LogP contribution >= 0.6 is 0 Å². The lowest BCUT2D eigenvalue weighted by molar-refractivity contribution is -0.260. The van der Waals surface area contributed by atoms with Gasteiger partial charge in [0.15, 0.2) is 5.79 Å². The Kier molecular flexibility index (Phi) is 6.75. The first-order valence-electron chi connectivity index (χ1n) is 10.8. The van der Waals surface area contributed by atoms with Gasteiger partial charge in [-0.2, -0.15) is 0 Å². The van der Waals surface area contributed by atoms with Crippen molar-refractivity contribution in [2.24, 2.45) is 0 Å². The van der Waals surface area contributed by atoms with Gasteiger partial charge in [0.2, 0.25) is 0 Å². The third-order valence-corrected chi connectivity index (χ3v) is 5.87. The van der Waals surface area contributed by atoms with Crippen LogP contribution in [0.1, 0.15) is 17.5 Å². The molecule has 0 bridgehead atoms. The number of urea groups is 1. The molecule has 2 heterocycles. The lowest BCUT2D eigenvalue weighted by Crippen LogP contribution is -2.59. The molecule has 0 aliphatic carbocycles. The minimum Gasteiger partial charge on any atom is -0.497 e. The van der Waals surface area contributed by atoms with Crippen LogP contribution in [0, 0.1) is 6.92 Å². The van der Waals surface area contributed by atoms with Crippen molar-refractivity contribution >= 4 is 11.7 Å². The molecule has 2 aromatic rings. The molecule has 2 amide bonds. The van der Waals surface area contributed by atoms with E-state index >= 15 is 0 Å². The maximum atomic E-state index is 12.9. The van der Waals surface area contributed by atoms with Crippen LogP contribution in [0.5, 0.6) is 5.75 Å². The van der Waals surface area contributed by atoms with Gasteiger partial charge in [-0.1, -0.05) is 30.3 Å². The van der Waals surface area contributed by atoms with Gasteiger partial charge in [-0.05, 0) is 36.6 Å². The second-order valence-corrected chi connectivity index (χ2v) is 8.18. The molecule has 1 N–H and O–H groups in total. The third kappa shape index (κ3) is 5.36. The average molecular weight is 426 g/mol. The van der Waals surface area contributed by atoms with E-state index in [1.807, 2.05) is 18.2 Å². The summed E-state index contributed by atoms with van der Waals surface area (Å²) in [6, 6.07) is 15.7. The molecule has 166 valence electrons. The fraction of sp³-hybridized carbons (Fsp3) is 0.458. The van der Waals surface area contributed by atoms with Gasteiger partial charge in [0.05, 0.1) is 33.4 Å². The Morgan fingerprint density at radius 3 is 2.77 bits per heavy atom. The first-order chi connectivity index (χ1) is 15.1. The summed E-state index contributed by atoms with van der Waals surface area (Å²) >= 11 is 0. The highest BCUT2D eigenvalue weighted by molar-refractivity contribution is 5.89. The van der Waals surface area contributed by atoms with Crippen LogP contribution < -0.4 is 10.1 Å². The number of anilines is 1. The number of hydrogen-bond donors (Lipinski definition) is 1. The minimum atomic E-state index is -0.802. The fourth-order valence-corrected chi connectivity index (χ4v) is 4.19. The number of methoxy groups -OCH3 is 1. The van der Waals surface area contributed by atoms with Crippen molar-refractivity contribution in [3.8, 4) is 5.75 Å². The minimum absolute atomic E-state index is 0.158. The maximum absolute atomic E-state index is 12.9. The van der Waals surface area contributed by atoms with Crippen molar-refractivity contribution in [2.75, 3.05) is 51.8 Å². The van der Waals surface area contributed by atoms with E-state index in [2.05, 4.69) is 41.4 Å². The largest absolute Gasteiger partial charge is 0.497 e. The highest BCUT2D eigenvalue weighted by Crippen LogP contribution is 2.26. The molecule has 0 saturated carbocycles. The molecule has 0 aromatic heterocycles. The number of ether oxygens (including phenoxy) is 3. The molecule has 2 fully saturated rings. The number of benzene rings is 2. The van der Waals surface area contributed by atoms with Gasteiger partial charge in [0.25, 0.3) is 0 Å². The lowest BCUT2D eigenvalue weighted by Gasteiger charge is -2.43. The summed E-state index contributed by atoms with van der Waals surface area (Å²) in [4.78, 5) is 17.1. The van der Waals surface area contributed by atoms with Gasteiger partial charge in [-0.25, -0.2) is 4.79 Å². The van der Waals surface area contributed by atoms with E-state index in [4.69, 9.17) is 14.2 Å². The summed E-state index contributed by atoms with van der Waals surface area (Å²) < 4.78 is 17.6. The lowest BCUT2D eigenvalue weighted by atomic mass is 10.1. The smallest absolute Gasteiger partial charge is 0.322 e. The van der Waals surface area contributed by atoms with Gasteiger partial charge in [-0.3, -0.25) is 4.90 Å². The second-order valence-electron chi connectivity index (χ2n) is 8.18. The Bertz CT molecular complexity index is 906. The van der Waals surface area contributed by atoms with Crippen LogP contribution in [0.3, 0.4) is 0 Å². The van der Waals surface area contributed by atoms with E-state index in [1.165, 1.54) is 11.1 Å². The molecule has 2 saturated heterocycles. The molecule has 31 heavy (non-hydrogen) atoms. The Labute approximate surface area is 183 Å². The van der Waals surface area contributed by atoms with E-state index < -0.39 is 5.79 Å². The molecule has 2 aromatic carbocycles. The number of morpholine rings is 1. The third-order valence-electron chi connectivity index (χ3n) is 5.87. The van der Waals surface area contributed by atoms with Crippen LogP contribution in [-0.4, -0.2) is 68.1 Å². The van der Waals surface area contributed by atoms with Crippen LogP contribution in [0.25, 0.3) is 0 Å². The molecule has 0 radical (unpaired) electrons. The van der Waals surface area contributed by atoms with Gasteiger partial charge in [0.1, 0.15) is 5.75 Å². The van der Waals surface area contributed by atoms with Crippen molar-refractivity contribution in [1.82, 2.24) is 9.80 Å². The normalized spacial score (nSPS) is 22.2. The van der Waals surface area contributed by atoms with Crippen molar-refractivity contribution in [1.29, 1.82) is 0 Å². The molecule has 1 unspecified atom stereocenters. The number of amides is 2. The summed E-state index contributed by atoms with van der Waals surface area (Å²) in [6.45, 7) is 6.54. The fourth-order valence-electron chi connectivity index (χ4n) is 4.19. The summed E-state index contributed by atoms with van der Waals surface area (Å²) in [5.41, 5.74) is 3.29. The number of nitrogens with one attached hydrogen (secondary N) is 1. The second kappa shape index (κ2) is 9.68. The van der Waals surface area contributed by atoms with E-state index in [1.54, 1.807) is 18.1 Å². The zero-order chi connectivity index (χ0) is 21.7. The standard InChI is InChI=1S/C24H31N3O4/c1-19-7-3-4-8-20(19)16-26-11-6-13-30-24(17-26)18-27(12-14-31-24)23(28)25-21-9-5-10-22(15-21)29-2/h3-5,7-10,15H,6,11-14,16-18H2,1-2H3,(H,25,28). The molecule has 1 spiro atoms. The van der Waals surface area contributed by atoms with Crippen molar-refractivity contribution < 1.29 is 19.0 Å². The molecule has 1 atom stereocenters. The first-order valence-corrected chi connectivity index (χ1v) is 10.8. The average Bonchev–Trinajstić information content (AvgIpc) is 2.97. The van der Waals surface area contributed by atoms with Gasteiger partial charge >= 0.3 is 6.03 Å². The summed E-state index contributed by atoms with van der Waals surface area (Å²) in [6.07, 6.45) is 0.937. The van der Waals surface area contributed by atoms with Crippen LogP contribution in [0.15, 0.2) is 48.5 Å². The first kappa shape index (κ1) is 21.6. The summed E-state index contributed by atoms with van der Waals surface area (Å²) in [5.74, 6) is -0.0985. The predicted octanol–water partition coefficient (Wildman–Crippen LogP) is 3.49. The van der Waals surface area contributed by atoms with Crippen molar-refractivity contribution in [2.45, 2.75) is 25.7 Å². The Morgan fingerprint density at radius 2 is 1.94 bits per heavy atom. The van der Waals surface area contributed by atoms with E-state index in [0.29, 0.717) is 44.3 Å². The number of aryl methyl sites for hydroxylation is 1. The Morgan fingerprint density at radius 1 is 1.10 bits per heavy atom. The van der Waals surface area contributed by atoms with Crippen LogP contribution in [-0.2, 0) is 16.0 Å². The maximum Gasteiger partial charge on any atom is 0.322 e. The number of carbonyl (C=O) groups excluding carboxylic acids is 1. The SMILES string of the molecule is COc1cccc(NC(=O)N2CCOC3(CN(Cc4ccccc4C)CCCO3)C2)c1. The molecule has 7 heteroatoms. The van der Waals surface area contributed by atoms with Crippen molar-refractivity contribution in [3.05, 3.63) is 59.7 Å². The number of rotatable bonds is 4. The monoisotopic (exact) mass is 425 g/mol.